The Balaban J connectivity index is 1.90. The molecule has 22 heavy (non-hydrogen) atoms. The van der Waals surface area contributed by atoms with Crippen LogP contribution >= 0.6 is 0 Å². The number of rotatable bonds is 4. The Morgan fingerprint density at radius 1 is 0.909 bits per heavy atom. The van der Waals surface area contributed by atoms with Gasteiger partial charge in [0.15, 0.2) is 0 Å². The number of benzene rings is 1. The Kier molecular flexibility index (Phi) is 3.91. The molecule has 1 aliphatic rings. The minimum Gasteiger partial charge on any atom is -0.469 e. The molecular weight excluding hydrogens is 275 g/mol. The lowest BCUT2D eigenvalue weighted by atomic mass is 9.66. The quantitative estimate of drug-likeness (QED) is 0.791. The first-order chi connectivity index (χ1) is 10.4. The highest BCUT2D eigenvalue weighted by Gasteiger charge is 2.54. The van der Waals surface area contributed by atoms with Crippen LogP contribution in [0.15, 0.2) is 53.1 Å². The van der Waals surface area contributed by atoms with Crippen LogP contribution in [0.2, 0.25) is 0 Å². The van der Waals surface area contributed by atoms with Crippen LogP contribution in [-0.2, 0) is 15.7 Å². The van der Waals surface area contributed by atoms with Gasteiger partial charge in [-0.1, -0.05) is 30.3 Å². The summed E-state index contributed by atoms with van der Waals surface area (Å²) in [6.45, 7) is 8.34. The molecule has 0 N–H and O–H groups in total. The van der Waals surface area contributed by atoms with E-state index >= 15 is 0 Å². The van der Waals surface area contributed by atoms with Crippen molar-refractivity contribution >= 4 is 7.12 Å². The molecule has 1 aliphatic heterocycles. The van der Waals surface area contributed by atoms with Crippen molar-refractivity contribution < 1.29 is 13.7 Å². The van der Waals surface area contributed by atoms with Gasteiger partial charge in [-0.25, -0.2) is 0 Å². The second-order valence-electron chi connectivity index (χ2n) is 6.93. The van der Waals surface area contributed by atoms with Crippen molar-refractivity contribution in [2.75, 3.05) is 0 Å². The van der Waals surface area contributed by atoms with Gasteiger partial charge >= 0.3 is 7.12 Å². The van der Waals surface area contributed by atoms with Crippen molar-refractivity contribution in [1.82, 2.24) is 0 Å². The summed E-state index contributed by atoms with van der Waals surface area (Å²) < 4.78 is 18.1. The lowest BCUT2D eigenvalue weighted by molar-refractivity contribution is 0.00578. The van der Waals surface area contributed by atoms with Crippen LogP contribution in [0.5, 0.6) is 0 Å². The summed E-state index contributed by atoms with van der Waals surface area (Å²) in [7, 11) is -0.280. The zero-order chi connectivity index (χ0) is 15.8. The van der Waals surface area contributed by atoms with E-state index in [1.807, 2.05) is 18.2 Å². The maximum absolute atomic E-state index is 6.27. The molecule has 4 heteroatoms. The Bertz CT molecular complexity index is 589. The third-order valence-electron chi connectivity index (χ3n) is 4.83. The van der Waals surface area contributed by atoms with Crippen molar-refractivity contribution in [1.29, 1.82) is 0 Å². The van der Waals surface area contributed by atoms with Crippen LogP contribution < -0.4 is 0 Å². The molecule has 0 amide bonds. The van der Waals surface area contributed by atoms with E-state index in [-0.39, 0.29) is 24.1 Å². The van der Waals surface area contributed by atoms with Gasteiger partial charge in [-0.15, -0.1) is 0 Å². The van der Waals surface area contributed by atoms with Gasteiger partial charge in [0, 0.05) is 12.2 Å². The highest BCUT2D eigenvalue weighted by atomic mass is 16.7. The zero-order valence-corrected chi connectivity index (χ0v) is 13.7. The fraction of sp³-hybridized carbons (Fsp3) is 0.444. The minimum atomic E-state index is -0.326. The monoisotopic (exact) mass is 298 g/mol. The molecule has 0 spiro atoms. The first-order valence-corrected chi connectivity index (χ1v) is 7.82. The van der Waals surface area contributed by atoms with E-state index in [0.717, 1.165) is 12.2 Å². The van der Waals surface area contributed by atoms with Gasteiger partial charge in [-0.05, 0) is 45.4 Å². The molecule has 2 heterocycles. The Hall–Kier alpha value is -1.52. The molecule has 0 unspecified atom stereocenters. The van der Waals surface area contributed by atoms with Gasteiger partial charge in [0.25, 0.3) is 0 Å². The van der Waals surface area contributed by atoms with Crippen LogP contribution in [-0.4, -0.2) is 18.3 Å². The summed E-state index contributed by atoms with van der Waals surface area (Å²) in [5, 5.41) is 0. The van der Waals surface area contributed by atoms with Gasteiger partial charge < -0.3 is 13.7 Å². The molecule has 1 saturated heterocycles. The Morgan fingerprint density at radius 2 is 1.55 bits per heavy atom. The number of hydrogen-bond acceptors (Lipinski definition) is 3. The number of hydrogen-bond donors (Lipinski definition) is 0. The van der Waals surface area contributed by atoms with Crippen LogP contribution in [0, 0.1) is 0 Å². The van der Waals surface area contributed by atoms with Gasteiger partial charge in [0.2, 0.25) is 0 Å². The van der Waals surface area contributed by atoms with Crippen LogP contribution in [0.3, 0.4) is 0 Å². The molecular formula is C18H23BO3. The summed E-state index contributed by atoms with van der Waals surface area (Å²) in [5.74, 6) is 1.05. The highest BCUT2D eigenvalue weighted by molar-refractivity contribution is 6.47. The highest BCUT2D eigenvalue weighted by Crippen LogP contribution is 2.41. The van der Waals surface area contributed by atoms with Crippen molar-refractivity contribution in [3.8, 4) is 0 Å². The second-order valence-corrected chi connectivity index (χ2v) is 6.93. The van der Waals surface area contributed by atoms with Gasteiger partial charge in [-0.2, -0.15) is 0 Å². The Labute approximate surface area is 132 Å². The smallest absolute Gasteiger partial charge is 0.466 e. The first kappa shape index (κ1) is 15.4. The zero-order valence-electron chi connectivity index (χ0n) is 13.7. The summed E-state index contributed by atoms with van der Waals surface area (Å²) >= 11 is 0. The average molecular weight is 298 g/mol. The molecule has 1 aromatic heterocycles. The summed E-state index contributed by atoms with van der Waals surface area (Å²) in [5.41, 5.74) is 0.555. The third kappa shape index (κ3) is 2.86. The predicted octanol–water partition coefficient (Wildman–Crippen LogP) is 4.24. The Morgan fingerprint density at radius 3 is 2.09 bits per heavy atom. The lowest BCUT2D eigenvalue weighted by Crippen LogP contribution is -2.41. The molecule has 0 saturated carbocycles. The molecule has 0 radical (unpaired) electrons. The van der Waals surface area contributed by atoms with Gasteiger partial charge in [0.05, 0.1) is 17.5 Å². The minimum absolute atomic E-state index is 0.105. The van der Waals surface area contributed by atoms with E-state index in [2.05, 4.69) is 52.0 Å². The first-order valence-electron chi connectivity index (χ1n) is 7.82. The van der Waals surface area contributed by atoms with Crippen molar-refractivity contribution in [2.24, 2.45) is 0 Å². The van der Waals surface area contributed by atoms with Gasteiger partial charge in [0.1, 0.15) is 5.76 Å². The van der Waals surface area contributed by atoms with Crippen LogP contribution in [0.4, 0.5) is 0 Å². The van der Waals surface area contributed by atoms with E-state index in [0.29, 0.717) is 0 Å². The molecule has 1 fully saturated rings. The van der Waals surface area contributed by atoms with E-state index in [9.17, 15) is 0 Å². The SMILES string of the molecule is CC1(C)OB([C@H](Cc2ccco2)c2ccccc2)OC1(C)C. The van der Waals surface area contributed by atoms with E-state index in [4.69, 9.17) is 13.7 Å². The molecule has 1 atom stereocenters. The fourth-order valence-electron chi connectivity index (χ4n) is 2.77. The predicted molar refractivity (Wildman–Crippen MR) is 87.7 cm³/mol. The topological polar surface area (TPSA) is 31.6 Å². The maximum Gasteiger partial charge on any atom is 0.466 e. The van der Waals surface area contributed by atoms with E-state index in [1.54, 1.807) is 6.26 Å². The summed E-state index contributed by atoms with van der Waals surface area (Å²) in [6.07, 6.45) is 2.47. The second kappa shape index (κ2) is 5.60. The molecule has 1 aromatic carbocycles. The van der Waals surface area contributed by atoms with Crippen LogP contribution in [0.1, 0.15) is 44.8 Å². The van der Waals surface area contributed by atoms with Crippen LogP contribution in [0.25, 0.3) is 0 Å². The third-order valence-corrected chi connectivity index (χ3v) is 4.83. The normalized spacial score (nSPS) is 21.0. The molecule has 116 valence electrons. The maximum atomic E-state index is 6.27. The molecule has 0 aliphatic carbocycles. The average Bonchev–Trinajstić information content (AvgIpc) is 3.04. The molecule has 2 aromatic rings. The van der Waals surface area contributed by atoms with Crippen molar-refractivity contribution in [3.05, 3.63) is 60.1 Å². The molecule has 0 bridgehead atoms. The number of furan rings is 1. The van der Waals surface area contributed by atoms with Crippen molar-refractivity contribution in [3.63, 3.8) is 0 Å². The summed E-state index contributed by atoms with van der Waals surface area (Å²) in [4.78, 5) is 0. The lowest BCUT2D eigenvalue weighted by Gasteiger charge is -2.32. The van der Waals surface area contributed by atoms with E-state index in [1.165, 1.54) is 5.56 Å². The fourth-order valence-corrected chi connectivity index (χ4v) is 2.77. The summed E-state index contributed by atoms with van der Waals surface area (Å²) in [6, 6.07) is 14.3. The standard InChI is InChI=1S/C18H23BO3/c1-17(2)18(3,4)22-19(21-17)16(13-15-11-8-12-20-15)14-9-6-5-7-10-14/h5-12,16H,13H2,1-4H3/t16-/m1/s1. The van der Waals surface area contributed by atoms with Gasteiger partial charge in [-0.3, -0.25) is 0 Å². The van der Waals surface area contributed by atoms with E-state index < -0.39 is 0 Å². The van der Waals surface area contributed by atoms with Crippen molar-refractivity contribution in [2.45, 2.75) is 51.1 Å². The molecule has 3 nitrogen and oxygen atoms in total. The molecule has 3 rings (SSSR count). The largest absolute Gasteiger partial charge is 0.469 e.